The highest BCUT2D eigenvalue weighted by atomic mass is 127. The summed E-state index contributed by atoms with van der Waals surface area (Å²) in [5.74, 6) is 0.164. The lowest BCUT2D eigenvalue weighted by molar-refractivity contribution is 0.119. The van der Waals surface area contributed by atoms with E-state index in [4.69, 9.17) is 26.6 Å². The molecule has 3 amide bonds. The zero-order valence-corrected chi connectivity index (χ0v) is 21.0. The van der Waals surface area contributed by atoms with Gasteiger partial charge >= 0.3 is 12.1 Å². The Hall–Kier alpha value is -2.90. The van der Waals surface area contributed by atoms with Crippen molar-refractivity contribution in [3.63, 3.8) is 0 Å². The summed E-state index contributed by atoms with van der Waals surface area (Å²) in [4.78, 5) is 26.0. The van der Waals surface area contributed by atoms with Crippen LogP contribution in [0.5, 0.6) is 0 Å². The molecule has 0 bridgehead atoms. The summed E-state index contributed by atoms with van der Waals surface area (Å²) in [7, 11) is 1.51. The summed E-state index contributed by atoms with van der Waals surface area (Å²) in [5, 5.41) is 8.98. The molecule has 180 valence electrons. The molecule has 4 N–H and O–H groups in total. The van der Waals surface area contributed by atoms with Crippen LogP contribution in [-0.2, 0) is 11.3 Å². The minimum Gasteiger partial charge on any atom is -0.447 e. The van der Waals surface area contributed by atoms with E-state index < -0.39 is 24.0 Å². The number of urea groups is 1. The van der Waals surface area contributed by atoms with Crippen molar-refractivity contribution in [2.45, 2.75) is 12.6 Å². The summed E-state index contributed by atoms with van der Waals surface area (Å²) in [5.41, 5.74) is 7.01. The van der Waals surface area contributed by atoms with Crippen molar-refractivity contribution in [2.24, 2.45) is 5.73 Å². The van der Waals surface area contributed by atoms with Gasteiger partial charge in [-0.25, -0.2) is 14.0 Å². The number of ether oxygens (including phenoxy) is 1. The van der Waals surface area contributed by atoms with Gasteiger partial charge in [0.2, 0.25) is 0 Å². The molecule has 0 fully saturated rings. The second-order valence-corrected chi connectivity index (χ2v) is 8.59. The van der Waals surface area contributed by atoms with Gasteiger partial charge in [0.15, 0.2) is 11.6 Å². The van der Waals surface area contributed by atoms with Crippen molar-refractivity contribution in [3.8, 4) is 11.3 Å². The Labute approximate surface area is 213 Å². The maximum absolute atomic E-state index is 13.6. The molecular formula is C22H22ClFIN5O4. The first-order chi connectivity index (χ1) is 16.3. The third kappa shape index (κ3) is 6.36. The zero-order chi connectivity index (χ0) is 24.7. The van der Waals surface area contributed by atoms with Gasteiger partial charge < -0.3 is 25.2 Å². The fourth-order valence-electron chi connectivity index (χ4n) is 2.91. The van der Waals surface area contributed by atoms with Crippen LogP contribution in [0.25, 0.3) is 11.3 Å². The maximum Gasteiger partial charge on any atom is 0.412 e. The van der Waals surface area contributed by atoms with Crippen molar-refractivity contribution in [3.05, 3.63) is 68.5 Å². The quantitative estimate of drug-likeness (QED) is 0.328. The number of halogens is 3. The molecule has 1 aromatic heterocycles. The number of aromatic nitrogens is 1. The van der Waals surface area contributed by atoms with Crippen LogP contribution in [0.15, 0.2) is 53.1 Å². The number of nitrogens with zero attached hydrogens (tertiary/aromatic N) is 2. The minimum atomic E-state index is -0.773. The third-order valence-electron chi connectivity index (χ3n) is 4.90. The molecule has 9 nitrogen and oxygen atoms in total. The van der Waals surface area contributed by atoms with Crippen molar-refractivity contribution < 1.29 is 23.2 Å². The zero-order valence-electron chi connectivity index (χ0n) is 18.1. The molecule has 1 heterocycles. The van der Waals surface area contributed by atoms with Crippen LogP contribution in [0.2, 0.25) is 5.02 Å². The minimum absolute atomic E-state index is 0.0206. The molecule has 12 heteroatoms. The van der Waals surface area contributed by atoms with Gasteiger partial charge in [-0.15, -0.1) is 0 Å². The lowest BCUT2D eigenvalue weighted by Crippen LogP contribution is -2.49. The number of anilines is 1. The number of likely N-dealkylation sites (N-methyl/N-ethyl adjacent to an activating group) is 1. The van der Waals surface area contributed by atoms with Crippen LogP contribution in [0.1, 0.15) is 5.56 Å². The van der Waals surface area contributed by atoms with E-state index in [0.717, 1.165) is 5.56 Å². The Morgan fingerprint density at radius 3 is 2.71 bits per heavy atom. The van der Waals surface area contributed by atoms with E-state index in [2.05, 4.69) is 15.8 Å². The summed E-state index contributed by atoms with van der Waals surface area (Å²) in [6, 6.07) is 12.6. The van der Waals surface area contributed by atoms with Gasteiger partial charge in [0.25, 0.3) is 0 Å². The van der Waals surface area contributed by atoms with Crippen LogP contribution < -0.4 is 16.4 Å². The normalized spacial score (nSPS) is 11.6. The van der Waals surface area contributed by atoms with E-state index >= 15 is 0 Å². The predicted molar refractivity (Wildman–Crippen MR) is 134 cm³/mol. The molecule has 3 rings (SSSR count). The number of nitrogens with two attached hydrogens (primary N) is 1. The molecule has 2 aromatic carbocycles. The molecule has 0 saturated carbocycles. The van der Waals surface area contributed by atoms with E-state index in [1.807, 2.05) is 52.9 Å². The standard InChI is InChI=1S/C22H22ClFIN5O4/c1-30(21(31)27-11-14-8-5-9-16(24)17(14)23)15(10-26)12-33-22(32)28-20-18(25)19(34-29-20)13-6-3-2-4-7-13/h2-9,15H,10-12,26H2,1H3,(H,27,31)(H,28,29,32)/t15-/m0/s1. The van der Waals surface area contributed by atoms with Crippen molar-refractivity contribution in [1.82, 2.24) is 15.4 Å². The second-order valence-electron chi connectivity index (χ2n) is 7.14. The van der Waals surface area contributed by atoms with Crippen molar-refractivity contribution in [1.29, 1.82) is 0 Å². The van der Waals surface area contributed by atoms with E-state index in [9.17, 15) is 14.0 Å². The molecule has 0 aliphatic heterocycles. The first-order valence-corrected chi connectivity index (χ1v) is 11.6. The van der Waals surface area contributed by atoms with Crippen molar-refractivity contribution in [2.75, 3.05) is 25.5 Å². The molecule has 0 radical (unpaired) electrons. The van der Waals surface area contributed by atoms with Gasteiger partial charge in [0.1, 0.15) is 16.0 Å². The fourth-order valence-corrected chi connectivity index (χ4v) is 3.75. The Morgan fingerprint density at radius 2 is 2.00 bits per heavy atom. The molecular weight excluding hydrogens is 580 g/mol. The van der Waals surface area contributed by atoms with E-state index in [1.165, 1.54) is 24.1 Å². The number of amides is 3. The molecule has 3 aromatic rings. The van der Waals surface area contributed by atoms with Crippen LogP contribution in [-0.4, -0.2) is 48.4 Å². The summed E-state index contributed by atoms with van der Waals surface area (Å²) < 4.78 is 24.7. The molecule has 0 aliphatic carbocycles. The lowest BCUT2D eigenvalue weighted by Gasteiger charge is -2.27. The first kappa shape index (κ1) is 25.7. The number of hydrogen-bond donors (Lipinski definition) is 3. The summed E-state index contributed by atoms with van der Waals surface area (Å²) in [6.45, 7) is -0.0999. The number of benzene rings is 2. The monoisotopic (exact) mass is 601 g/mol. The Bertz CT molecular complexity index is 1150. The van der Waals surface area contributed by atoms with Gasteiger partial charge in [-0.05, 0) is 34.2 Å². The summed E-state index contributed by atoms with van der Waals surface area (Å²) in [6.07, 6.45) is -0.773. The van der Waals surface area contributed by atoms with Gasteiger partial charge in [-0.1, -0.05) is 59.2 Å². The molecule has 0 spiro atoms. The predicted octanol–water partition coefficient (Wildman–Crippen LogP) is 4.46. The highest BCUT2D eigenvalue weighted by Gasteiger charge is 2.22. The molecule has 0 unspecified atom stereocenters. The van der Waals surface area contributed by atoms with Crippen LogP contribution in [0.3, 0.4) is 0 Å². The maximum atomic E-state index is 13.6. The topological polar surface area (TPSA) is 123 Å². The number of nitrogens with one attached hydrogen (secondary N) is 2. The van der Waals surface area contributed by atoms with Gasteiger partial charge in [-0.2, -0.15) is 0 Å². The van der Waals surface area contributed by atoms with Gasteiger partial charge in [-0.3, -0.25) is 5.32 Å². The van der Waals surface area contributed by atoms with Gasteiger partial charge in [0, 0.05) is 25.7 Å². The van der Waals surface area contributed by atoms with Crippen LogP contribution >= 0.6 is 34.2 Å². The van der Waals surface area contributed by atoms with Crippen LogP contribution in [0.4, 0.5) is 19.8 Å². The molecule has 34 heavy (non-hydrogen) atoms. The van der Waals surface area contributed by atoms with E-state index in [-0.39, 0.29) is 30.5 Å². The SMILES string of the molecule is CN(C(=O)NCc1cccc(F)c1Cl)[C@@H](CN)COC(=O)Nc1noc(-c2ccccc2)c1I. The van der Waals surface area contributed by atoms with Crippen molar-refractivity contribution >= 4 is 52.1 Å². The Balaban J connectivity index is 1.52. The fraction of sp³-hybridized carbons (Fsp3) is 0.227. The number of carbonyl (C=O) groups is 2. The number of rotatable bonds is 8. The number of carbonyl (C=O) groups excluding carboxylic acids is 2. The average Bonchev–Trinajstić information content (AvgIpc) is 3.20. The molecule has 0 saturated heterocycles. The Kier molecular flexibility index (Phi) is 9.07. The highest BCUT2D eigenvalue weighted by Crippen LogP contribution is 2.30. The first-order valence-electron chi connectivity index (χ1n) is 10.1. The molecule has 1 atom stereocenters. The largest absolute Gasteiger partial charge is 0.447 e. The van der Waals surface area contributed by atoms with Gasteiger partial charge in [0.05, 0.1) is 11.1 Å². The smallest absolute Gasteiger partial charge is 0.412 e. The average molecular weight is 602 g/mol. The Morgan fingerprint density at radius 1 is 1.26 bits per heavy atom. The van der Waals surface area contributed by atoms with E-state index in [0.29, 0.717) is 14.9 Å². The third-order valence-corrected chi connectivity index (χ3v) is 6.32. The summed E-state index contributed by atoms with van der Waals surface area (Å²) >= 11 is 7.93. The second kappa shape index (κ2) is 12.0. The number of hydrogen-bond acceptors (Lipinski definition) is 6. The lowest BCUT2D eigenvalue weighted by atomic mass is 10.2. The highest BCUT2D eigenvalue weighted by molar-refractivity contribution is 14.1. The molecule has 0 aliphatic rings. The van der Waals surface area contributed by atoms with Crippen LogP contribution in [0, 0.1) is 9.39 Å². The van der Waals surface area contributed by atoms with E-state index in [1.54, 1.807) is 6.07 Å².